The summed E-state index contributed by atoms with van der Waals surface area (Å²) in [7, 11) is 0. The van der Waals surface area contributed by atoms with Crippen molar-refractivity contribution >= 4 is 16.7 Å². The van der Waals surface area contributed by atoms with Crippen LogP contribution in [0, 0.1) is 17.2 Å². The first kappa shape index (κ1) is 25.6. The van der Waals surface area contributed by atoms with Gasteiger partial charge < -0.3 is 15.8 Å². The summed E-state index contributed by atoms with van der Waals surface area (Å²) in [6.45, 7) is 10.5. The molecule has 1 saturated heterocycles. The highest BCUT2D eigenvalue weighted by molar-refractivity contribution is 5.86. The molecule has 1 fully saturated rings. The van der Waals surface area contributed by atoms with Crippen LogP contribution in [0.3, 0.4) is 0 Å². The molecule has 0 radical (unpaired) electrons. The van der Waals surface area contributed by atoms with Crippen molar-refractivity contribution in [1.82, 2.24) is 10.3 Å². The lowest BCUT2D eigenvalue weighted by Crippen LogP contribution is -2.25. The summed E-state index contributed by atoms with van der Waals surface area (Å²) in [4.78, 5) is 4.77. The van der Waals surface area contributed by atoms with Gasteiger partial charge in [-0.05, 0) is 97.8 Å². The summed E-state index contributed by atoms with van der Waals surface area (Å²) < 4.78 is 20.1. The highest BCUT2D eigenvalue weighted by Gasteiger charge is 2.27. The molecule has 35 heavy (non-hydrogen) atoms. The second-order valence-corrected chi connectivity index (χ2v) is 11.1. The second kappa shape index (κ2) is 11.5. The van der Waals surface area contributed by atoms with Crippen LogP contribution in [0.25, 0.3) is 22.0 Å². The number of aromatic nitrogens is 1. The maximum atomic E-state index is 14.4. The molecule has 3 N–H and O–H groups in total. The molecule has 3 aromatic rings. The number of hydrogen-bond acceptors (Lipinski definition) is 4. The van der Waals surface area contributed by atoms with E-state index in [9.17, 15) is 4.39 Å². The maximum Gasteiger partial charge on any atom is 0.131 e. The molecule has 2 aromatic carbocycles. The molecule has 188 valence electrons. The van der Waals surface area contributed by atoms with Gasteiger partial charge >= 0.3 is 0 Å². The smallest absolute Gasteiger partial charge is 0.131 e. The van der Waals surface area contributed by atoms with E-state index < -0.39 is 0 Å². The van der Waals surface area contributed by atoms with Gasteiger partial charge in [-0.1, -0.05) is 45.0 Å². The Morgan fingerprint density at radius 1 is 1.09 bits per heavy atom. The zero-order valence-corrected chi connectivity index (χ0v) is 21.4. The Morgan fingerprint density at radius 3 is 2.60 bits per heavy atom. The zero-order chi connectivity index (χ0) is 24.8. The van der Waals surface area contributed by atoms with Crippen LogP contribution in [0.1, 0.15) is 64.4 Å². The molecule has 0 saturated carbocycles. The first-order valence-corrected chi connectivity index (χ1v) is 13.1. The van der Waals surface area contributed by atoms with Crippen molar-refractivity contribution < 1.29 is 9.13 Å². The van der Waals surface area contributed by atoms with Crippen molar-refractivity contribution in [2.45, 2.75) is 58.8 Å². The summed E-state index contributed by atoms with van der Waals surface area (Å²) in [5.41, 5.74) is 10.3. The van der Waals surface area contributed by atoms with E-state index in [0.29, 0.717) is 28.6 Å². The molecule has 1 aliphatic rings. The molecule has 1 aliphatic heterocycles. The van der Waals surface area contributed by atoms with E-state index in [0.717, 1.165) is 74.0 Å². The van der Waals surface area contributed by atoms with E-state index >= 15 is 0 Å². The van der Waals surface area contributed by atoms with Crippen molar-refractivity contribution in [1.29, 1.82) is 0 Å². The van der Waals surface area contributed by atoms with Gasteiger partial charge in [0.15, 0.2) is 0 Å². The lowest BCUT2D eigenvalue weighted by molar-refractivity contribution is 0.0565. The molecule has 1 atom stereocenters. The number of fused-ring (bicyclic) bond motifs is 1. The number of nitrogens with zero attached hydrogens (tertiary/aromatic N) is 1. The van der Waals surface area contributed by atoms with Crippen molar-refractivity contribution in [3.8, 4) is 11.1 Å². The Hall–Kier alpha value is -2.50. The van der Waals surface area contributed by atoms with E-state index in [1.54, 1.807) is 6.07 Å². The third-order valence-corrected chi connectivity index (χ3v) is 7.21. The summed E-state index contributed by atoms with van der Waals surface area (Å²) in [5.74, 6) is 1.29. The van der Waals surface area contributed by atoms with Crippen molar-refractivity contribution in [2.75, 3.05) is 32.0 Å². The third kappa shape index (κ3) is 6.80. The number of rotatable bonds is 9. The van der Waals surface area contributed by atoms with Gasteiger partial charge in [0.2, 0.25) is 0 Å². The van der Waals surface area contributed by atoms with Crippen LogP contribution < -0.4 is 11.1 Å². The van der Waals surface area contributed by atoms with Gasteiger partial charge in [0.25, 0.3) is 0 Å². The van der Waals surface area contributed by atoms with E-state index in [1.165, 1.54) is 12.5 Å². The molecule has 1 unspecified atom stereocenters. The SMILES string of the molecule is CC(C)(C)CCNCCCC(c1cc2cc(-c3ccccc3F)ccc2nc1N)C1CCOCC1. The highest BCUT2D eigenvalue weighted by atomic mass is 19.1. The van der Waals surface area contributed by atoms with Crippen molar-refractivity contribution in [2.24, 2.45) is 11.3 Å². The van der Waals surface area contributed by atoms with Crippen LogP contribution in [0.4, 0.5) is 10.2 Å². The van der Waals surface area contributed by atoms with Crippen LogP contribution in [0.5, 0.6) is 0 Å². The van der Waals surface area contributed by atoms with E-state index in [1.807, 2.05) is 30.3 Å². The lowest BCUT2D eigenvalue weighted by atomic mass is 9.78. The fraction of sp³-hybridized carbons (Fsp3) is 0.500. The number of benzene rings is 2. The Balaban J connectivity index is 1.57. The molecular weight excluding hydrogens is 437 g/mol. The molecule has 4 rings (SSSR count). The van der Waals surface area contributed by atoms with Crippen molar-refractivity contribution in [3.63, 3.8) is 0 Å². The quantitative estimate of drug-likeness (QED) is 0.328. The van der Waals surface area contributed by atoms with Gasteiger partial charge in [-0.15, -0.1) is 0 Å². The molecule has 2 heterocycles. The molecule has 0 spiro atoms. The number of nitrogens with one attached hydrogen (secondary N) is 1. The molecule has 1 aromatic heterocycles. The number of nitrogen functional groups attached to an aromatic ring is 1. The van der Waals surface area contributed by atoms with Gasteiger partial charge in [-0.2, -0.15) is 0 Å². The summed E-state index contributed by atoms with van der Waals surface area (Å²) in [6, 6.07) is 15.0. The van der Waals surface area contributed by atoms with Crippen LogP contribution in [0.2, 0.25) is 0 Å². The average molecular weight is 478 g/mol. The van der Waals surface area contributed by atoms with Crippen LogP contribution in [0.15, 0.2) is 48.5 Å². The Morgan fingerprint density at radius 2 is 1.86 bits per heavy atom. The monoisotopic (exact) mass is 477 g/mol. The Kier molecular flexibility index (Phi) is 8.40. The maximum absolute atomic E-state index is 14.4. The topological polar surface area (TPSA) is 60.2 Å². The van der Waals surface area contributed by atoms with Gasteiger partial charge in [0.05, 0.1) is 5.52 Å². The summed E-state index contributed by atoms with van der Waals surface area (Å²) >= 11 is 0. The number of halogens is 1. The largest absolute Gasteiger partial charge is 0.383 e. The van der Waals surface area contributed by atoms with E-state index in [2.05, 4.69) is 32.2 Å². The minimum Gasteiger partial charge on any atom is -0.383 e. The number of ether oxygens (including phenoxy) is 1. The fourth-order valence-corrected chi connectivity index (χ4v) is 5.17. The van der Waals surface area contributed by atoms with Gasteiger partial charge in [-0.25, -0.2) is 9.37 Å². The molecule has 0 bridgehead atoms. The summed E-state index contributed by atoms with van der Waals surface area (Å²) in [6.07, 6.45) is 5.43. The van der Waals surface area contributed by atoms with Gasteiger partial charge in [0, 0.05) is 24.2 Å². The molecular formula is C30H40FN3O. The molecule has 0 amide bonds. The number of pyridine rings is 1. The Labute approximate surface area is 209 Å². The average Bonchev–Trinajstić information content (AvgIpc) is 2.83. The van der Waals surface area contributed by atoms with E-state index in [-0.39, 0.29) is 5.82 Å². The number of nitrogens with two attached hydrogens (primary N) is 1. The minimum absolute atomic E-state index is 0.213. The van der Waals surface area contributed by atoms with Crippen LogP contribution >= 0.6 is 0 Å². The first-order valence-electron chi connectivity index (χ1n) is 13.1. The van der Waals surface area contributed by atoms with Crippen molar-refractivity contribution in [3.05, 3.63) is 59.9 Å². The molecule has 4 nitrogen and oxygen atoms in total. The second-order valence-electron chi connectivity index (χ2n) is 11.1. The number of hydrogen-bond donors (Lipinski definition) is 2. The fourth-order valence-electron chi connectivity index (χ4n) is 5.17. The summed E-state index contributed by atoms with van der Waals surface area (Å²) in [5, 5.41) is 4.63. The third-order valence-electron chi connectivity index (χ3n) is 7.21. The van der Waals surface area contributed by atoms with E-state index in [4.69, 9.17) is 15.5 Å². The number of anilines is 1. The van der Waals surface area contributed by atoms with Gasteiger partial charge in [-0.3, -0.25) is 0 Å². The molecule has 0 aliphatic carbocycles. The normalized spacial score (nSPS) is 16.0. The molecule has 5 heteroatoms. The van der Waals surface area contributed by atoms with Crippen LogP contribution in [-0.4, -0.2) is 31.3 Å². The predicted octanol–water partition coefficient (Wildman–Crippen LogP) is 6.94. The minimum atomic E-state index is -0.213. The predicted molar refractivity (Wildman–Crippen MR) is 144 cm³/mol. The van der Waals surface area contributed by atoms with Crippen LogP contribution in [-0.2, 0) is 4.74 Å². The Bertz CT molecular complexity index is 1120. The highest BCUT2D eigenvalue weighted by Crippen LogP contribution is 2.39. The lowest BCUT2D eigenvalue weighted by Gasteiger charge is -2.31. The standard InChI is InChI=1S/C30H40FN3O/c1-30(2,3)14-16-33-15-6-8-24(21-12-17-35-18-13-21)26-20-23-19-22(10-11-28(23)34-29(26)32)25-7-4-5-9-27(25)31/h4-5,7,9-11,19-21,24,33H,6,8,12-18H2,1-3H3,(H2,32,34). The van der Waals surface area contributed by atoms with Gasteiger partial charge in [0.1, 0.15) is 11.6 Å². The first-order chi connectivity index (χ1) is 16.8. The zero-order valence-electron chi connectivity index (χ0n) is 21.4.